The second-order valence-corrected chi connectivity index (χ2v) is 8.99. The topological polar surface area (TPSA) is 81.4 Å². The van der Waals surface area contributed by atoms with Crippen LogP contribution < -0.4 is 10.2 Å². The fourth-order valence-electron chi connectivity index (χ4n) is 3.18. The Labute approximate surface area is 217 Å². The molecule has 0 spiro atoms. The number of halogens is 2. The summed E-state index contributed by atoms with van der Waals surface area (Å²) in [4.78, 5) is 12.5. The lowest BCUT2D eigenvalue weighted by atomic mass is 10.2. The van der Waals surface area contributed by atoms with E-state index in [-0.39, 0.29) is 11.7 Å². The molecule has 10 heteroatoms. The Morgan fingerprint density at radius 1 is 1.03 bits per heavy atom. The molecule has 4 aromatic rings. The van der Waals surface area contributed by atoms with E-state index in [9.17, 15) is 4.79 Å². The maximum absolute atomic E-state index is 12.5. The van der Waals surface area contributed by atoms with E-state index in [1.807, 2.05) is 60.0 Å². The van der Waals surface area contributed by atoms with Crippen LogP contribution in [0.4, 0.5) is 0 Å². The Morgan fingerprint density at radius 3 is 2.43 bits per heavy atom. The normalized spacial score (nSPS) is 11.1. The van der Waals surface area contributed by atoms with Crippen molar-refractivity contribution in [1.29, 1.82) is 0 Å². The minimum absolute atomic E-state index is 0.0940. The van der Waals surface area contributed by atoms with Gasteiger partial charge in [-0.2, -0.15) is 5.10 Å². The summed E-state index contributed by atoms with van der Waals surface area (Å²) in [6.07, 6.45) is 1.56. The van der Waals surface area contributed by atoms with E-state index < -0.39 is 0 Å². The lowest BCUT2D eigenvalue weighted by molar-refractivity contribution is -0.118. The van der Waals surface area contributed by atoms with E-state index in [2.05, 4.69) is 20.7 Å². The van der Waals surface area contributed by atoms with Gasteiger partial charge in [0.25, 0.3) is 5.91 Å². The molecule has 1 N–H and O–H groups in total. The first-order chi connectivity index (χ1) is 17.0. The molecule has 1 aromatic heterocycles. The zero-order valence-corrected chi connectivity index (χ0v) is 21.0. The van der Waals surface area contributed by atoms with Gasteiger partial charge in [-0.05, 0) is 67.6 Å². The van der Waals surface area contributed by atoms with Crippen LogP contribution in [0.2, 0.25) is 10.0 Å². The minimum atomic E-state index is -0.279. The molecule has 0 radical (unpaired) electrons. The number of carbonyl (C=O) groups is 1. The summed E-state index contributed by atoms with van der Waals surface area (Å²) < 4.78 is 7.44. The van der Waals surface area contributed by atoms with Crippen molar-refractivity contribution in [3.8, 4) is 22.8 Å². The summed E-state index contributed by atoms with van der Waals surface area (Å²) in [5.74, 6) is 1.14. The molecule has 3 aromatic carbocycles. The molecule has 1 heterocycles. The van der Waals surface area contributed by atoms with Crippen LogP contribution >= 0.6 is 35.0 Å². The molecule has 0 aliphatic rings. The van der Waals surface area contributed by atoms with Crippen molar-refractivity contribution in [2.45, 2.75) is 12.1 Å². The summed E-state index contributed by atoms with van der Waals surface area (Å²) in [6.45, 7) is 2.45. The van der Waals surface area contributed by atoms with Crippen molar-refractivity contribution >= 4 is 47.1 Å². The standard InChI is InChI=1S/C25H21Cl2N5O2S/c1-2-34-22-6-4-3-5-18(22)15-28-29-23(33)16-35-25-31-30-24(17-7-9-19(26)10-8-17)32(25)21-13-11-20(27)12-14-21/h3-15H,2,16H2,1H3,(H,29,33). The van der Waals surface area contributed by atoms with Crippen molar-refractivity contribution < 1.29 is 9.53 Å². The molecule has 0 unspecified atom stereocenters. The summed E-state index contributed by atoms with van der Waals surface area (Å²) in [7, 11) is 0. The number of hydrogen-bond donors (Lipinski definition) is 1. The van der Waals surface area contributed by atoms with E-state index in [1.165, 1.54) is 11.8 Å². The predicted molar refractivity (Wildman–Crippen MR) is 141 cm³/mol. The molecule has 0 saturated heterocycles. The Kier molecular flexibility index (Phi) is 8.41. The summed E-state index contributed by atoms with van der Waals surface area (Å²) in [5, 5.41) is 14.5. The number of nitrogens with zero attached hydrogens (tertiary/aromatic N) is 4. The number of rotatable bonds is 9. The third-order valence-corrected chi connectivity index (χ3v) is 6.20. The van der Waals surface area contributed by atoms with Gasteiger partial charge in [-0.3, -0.25) is 9.36 Å². The SMILES string of the molecule is CCOc1ccccc1C=NNC(=O)CSc1nnc(-c2ccc(Cl)cc2)n1-c1ccc(Cl)cc1. The van der Waals surface area contributed by atoms with E-state index in [0.29, 0.717) is 33.4 Å². The van der Waals surface area contributed by atoms with Crippen molar-refractivity contribution in [3.05, 3.63) is 88.4 Å². The highest BCUT2D eigenvalue weighted by atomic mass is 35.5. The Hall–Kier alpha value is -3.33. The molecule has 4 rings (SSSR count). The van der Waals surface area contributed by atoms with Crippen LogP contribution in [0.1, 0.15) is 12.5 Å². The number of benzene rings is 3. The van der Waals surface area contributed by atoms with Gasteiger partial charge in [0.15, 0.2) is 11.0 Å². The number of nitrogens with one attached hydrogen (secondary N) is 1. The van der Waals surface area contributed by atoms with Crippen LogP contribution in [0.5, 0.6) is 5.75 Å². The van der Waals surface area contributed by atoms with Gasteiger partial charge in [0, 0.05) is 26.9 Å². The van der Waals surface area contributed by atoms with Gasteiger partial charge in [-0.25, -0.2) is 5.43 Å². The predicted octanol–water partition coefficient (Wildman–Crippen LogP) is 5.88. The fourth-order valence-corrected chi connectivity index (χ4v) is 4.18. The second-order valence-electron chi connectivity index (χ2n) is 7.18. The van der Waals surface area contributed by atoms with E-state index in [0.717, 1.165) is 16.8 Å². The van der Waals surface area contributed by atoms with Crippen LogP contribution in [-0.2, 0) is 4.79 Å². The second kappa shape index (κ2) is 11.9. The third kappa shape index (κ3) is 6.42. The van der Waals surface area contributed by atoms with Crippen LogP contribution in [-0.4, -0.2) is 39.2 Å². The van der Waals surface area contributed by atoms with Crippen molar-refractivity contribution in [3.63, 3.8) is 0 Å². The van der Waals surface area contributed by atoms with Gasteiger partial charge in [0.05, 0.1) is 18.6 Å². The van der Waals surface area contributed by atoms with Gasteiger partial charge in [-0.1, -0.05) is 47.1 Å². The lowest BCUT2D eigenvalue weighted by Crippen LogP contribution is -2.20. The highest BCUT2D eigenvalue weighted by Crippen LogP contribution is 2.29. The molecule has 0 aliphatic heterocycles. The van der Waals surface area contributed by atoms with E-state index >= 15 is 0 Å². The number of carbonyl (C=O) groups excluding carboxylic acids is 1. The molecule has 0 bridgehead atoms. The lowest BCUT2D eigenvalue weighted by Gasteiger charge is -2.10. The van der Waals surface area contributed by atoms with Crippen LogP contribution in [0.3, 0.4) is 0 Å². The summed E-state index contributed by atoms with van der Waals surface area (Å²) >= 11 is 13.4. The van der Waals surface area contributed by atoms with Gasteiger partial charge < -0.3 is 4.74 Å². The van der Waals surface area contributed by atoms with Crippen molar-refractivity contribution in [2.75, 3.05) is 12.4 Å². The number of thioether (sulfide) groups is 1. The molecule has 0 fully saturated rings. The molecule has 0 aliphatic carbocycles. The monoisotopic (exact) mass is 525 g/mol. The Balaban J connectivity index is 1.49. The number of ether oxygens (including phenoxy) is 1. The van der Waals surface area contributed by atoms with Crippen LogP contribution in [0.15, 0.2) is 83.1 Å². The molecular formula is C25H21Cl2N5O2S. The minimum Gasteiger partial charge on any atom is -0.493 e. The average molecular weight is 526 g/mol. The zero-order valence-electron chi connectivity index (χ0n) is 18.7. The Morgan fingerprint density at radius 2 is 1.71 bits per heavy atom. The Bertz CT molecular complexity index is 1320. The largest absolute Gasteiger partial charge is 0.493 e. The molecule has 0 atom stereocenters. The highest BCUT2D eigenvalue weighted by molar-refractivity contribution is 7.99. The number of aromatic nitrogens is 3. The molecule has 35 heavy (non-hydrogen) atoms. The van der Waals surface area contributed by atoms with E-state index in [1.54, 1.807) is 30.5 Å². The van der Waals surface area contributed by atoms with Crippen molar-refractivity contribution in [1.82, 2.24) is 20.2 Å². The quantitative estimate of drug-likeness (QED) is 0.167. The van der Waals surface area contributed by atoms with Gasteiger partial charge in [0.1, 0.15) is 5.75 Å². The van der Waals surface area contributed by atoms with Gasteiger partial charge in [-0.15, -0.1) is 10.2 Å². The molecular weight excluding hydrogens is 505 g/mol. The first-order valence-electron chi connectivity index (χ1n) is 10.7. The molecule has 178 valence electrons. The maximum atomic E-state index is 12.5. The molecule has 0 saturated carbocycles. The first-order valence-corrected chi connectivity index (χ1v) is 12.4. The van der Waals surface area contributed by atoms with Gasteiger partial charge >= 0.3 is 0 Å². The van der Waals surface area contributed by atoms with Crippen molar-refractivity contribution in [2.24, 2.45) is 5.10 Å². The third-order valence-electron chi connectivity index (χ3n) is 4.76. The summed E-state index contributed by atoms with van der Waals surface area (Å²) in [6, 6.07) is 22.1. The van der Waals surface area contributed by atoms with Crippen LogP contribution in [0.25, 0.3) is 17.1 Å². The first kappa shape index (κ1) is 24.8. The van der Waals surface area contributed by atoms with Crippen LogP contribution in [0, 0.1) is 0 Å². The number of para-hydroxylation sites is 1. The zero-order chi connectivity index (χ0) is 24.6. The molecule has 1 amide bonds. The summed E-state index contributed by atoms with van der Waals surface area (Å²) in [5.41, 5.74) is 4.98. The van der Waals surface area contributed by atoms with Gasteiger partial charge in [0.2, 0.25) is 0 Å². The molecule has 7 nitrogen and oxygen atoms in total. The highest BCUT2D eigenvalue weighted by Gasteiger charge is 2.17. The maximum Gasteiger partial charge on any atom is 0.250 e. The number of amides is 1. The number of hydrogen-bond acceptors (Lipinski definition) is 6. The van der Waals surface area contributed by atoms with E-state index in [4.69, 9.17) is 27.9 Å². The fraction of sp³-hybridized carbons (Fsp3) is 0.120. The smallest absolute Gasteiger partial charge is 0.250 e. The average Bonchev–Trinajstić information content (AvgIpc) is 3.29. The number of hydrazone groups is 1.